The van der Waals surface area contributed by atoms with Crippen molar-refractivity contribution in [3.8, 4) is 0 Å². The largest absolute Gasteiger partial charge is 0.390 e. The van der Waals surface area contributed by atoms with Crippen LogP contribution in [-0.4, -0.2) is 32.3 Å². The van der Waals surface area contributed by atoms with Crippen LogP contribution in [0.3, 0.4) is 0 Å². The lowest BCUT2D eigenvalue weighted by atomic mass is 9.82. The molecule has 0 heterocycles. The number of nitrogens with one attached hydrogen (secondary N) is 2. The predicted molar refractivity (Wildman–Crippen MR) is 99.7 cm³/mol. The molecule has 1 aromatic rings. The zero-order valence-electron chi connectivity index (χ0n) is 13.9. The smallest absolute Gasteiger partial charge is 0.356 e. The number of hydrogen-bond donors (Lipinski definition) is 2. The van der Waals surface area contributed by atoms with E-state index in [0.29, 0.717) is 12.5 Å². The fourth-order valence-corrected chi connectivity index (χ4v) is 2.28. The molecule has 2 N–H and O–H groups in total. The Morgan fingerprint density at radius 1 is 1.13 bits per heavy atom. The minimum absolute atomic E-state index is 0. The average Bonchev–Trinajstić information content (AvgIpc) is 2.41. The Labute approximate surface area is 153 Å². The van der Waals surface area contributed by atoms with Gasteiger partial charge in [0.15, 0.2) is 5.96 Å². The van der Waals surface area contributed by atoms with Crippen molar-refractivity contribution >= 4 is 29.9 Å². The molecule has 7 heteroatoms. The fourth-order valence-electron chi connectivity index (χ4n) is 2.28. The van der Waals surface area contributed by atoms with E-state index in [9.17, 15) is 13.2 Å². The molecule has 23 heavy (non-hydrogen) atoms. The number of halogens is 4. The molecule has 0 unspecified atom stereocenters. The number of benzene rings is 1. The number of nitrogens with zero attached hydrogens (tertiary/aromatic N) is 1. The molecule has 1 rings (SSSR count). The summed E-state index contributed by atoms with van der Waals surface area (Å²) in [6, 6.07) is 8.09. The fraction of sp³-hybridized carbons (Fsp3) is 0.562. The van der Waals surface area contributed by atoms with Crippen LogP contribution in [0, 0.1) is 6.92 Å². The summed E-state index contributed by atoms with van der Waals surface area (Å²) in [6.07, 6.45) is -5.04. The zero-order valence-corrected chi connectivity index (χ0v) is 16.3. The van der Waals surface area contributed by atoms with E-state index in [2.05, 4.69) is 35.5 Å². The van der Waals surface area contributed by atoms with Crippen molar-refractivity contribution in [1.82, 2.24) is 10.6 Å². The molecule has 1 aromatic carbocycles. The first kappa shape index (κ1) is 22.0. The summed E-state index contributed by atoms with van der Waals surface area (Å²) in [4.78, 5) is 3.95. The van der Waals surface area contributed by atoms with Crippen LogP contribution >= 0.6 is 24.0 Å². The van der Waals surface area contributed by atoms with Gasteiger partial charge < -0.3 is 10.6 Å². The first-order valence-electron chi connectivity index (χ1n) is 7.23. The Balaban J connectivity index is 0.00000484. The molecule has 0 saturated carbocycles. The number of rotatable bonds is 5. The third-order valence-corrected chi connectivity index (χ3v) is 3.50. The first-order valence-corrected chi connectivity index (χ1v) is 7.23. The summed E-state index contributed by atoms with van der Waals surface area (Å²) >= 11 is 0. The van der Waals surface area contributed by atoms with Gasteiger partial charge in [-0.2, -0.15) is 13.2 Å². The molecule has 0 bridgehead atoms. The van der Waals surface area contributed by atoms with Gasteiger partial charge in [0.05, 0.1) is 6.42 Å². The Morgan fingerprint density at radius 2 is 1.74 bits per heavy atom. The Morgan fingerprint density at radius 3 is 2.26 bits per heavy atom. The van der Waals surface area contributed by atoms with Gasteiger partial charge in [-0.15, -0.1) is 24.0 Å². The Hall–Kier alpha value is -0.990. The predicted octanol–water partition coefficient (Wildman–Crippen LogP) is 4.01. The van der Waals surface area contributed by atoms with Gasteiger partial charge in [0.2, 0.25) is 0 Å². The highest BCUT2D eigenvalue weighted by Crippen LogP contribution is 2.25. The van der Waals surface area contributed by atoms with Crippen molar-refractivity contribution in [3.05, 3.63) is 35.4 Å². The zero-order chi connectivity index (χ0) is 16.8. The maximum Gasteiger partial charge on any atom is 0.390 e. The lowest BCUT2D eigenvalue weighted by Crippen LogP contribution is -2.44. The number of guanidine groups is 1. The second-order valence-corrected chi connectivity index (χ2v) is 5.92. The van der Waals surface area contributed by atoms with Crippen molar-refractivity contribution < 1.29 is 13.2 Å². The summed E-state index contributed by atoms with van der Waals surface area (Å²) in [7, 11) is 1.55. The minimum atomic E-state index is -4.16. The third kappa shape index (κ3) is 7.90. The third-order valence-electron chi connectivity index (χ3n) is 3.50. The average molecular weight is 443 g/mol. The molecule has 0 aliphatic carbocycles. The van der Waals surface area contributed by atoms with Gasteiger partial charge in [-0.05, 0) is 18.1 Å². The van der Waals surface area contributed by atoms with Gasteiger partial charge in [-0.1, -0.05) is 38.1 Å². The van der Waals surface area contributed by atoms with Crippen LogP contribution in [0.2, 0.25) is 0 Å². The molecule has 3 nitrogen and oxygen atoms in total. The molecular formula is C16H25F3IN3. The van der Waals surface area contributed by atoms with Gasteiger partial charge in [-0.25, -0.2) is 0 Å². The van der Waals surface area contributed by atoms with Crippen LogP contribution in [-0.2, 0) is 5.41 Å². The van der Waals surface area contributed by atoms with Crippen molar-refractivity contribution in [2.24, 2.45) is 4.99 Å². The molecule has 0 spiro atoms. The van der Waals surface area contributed by atoms with Gasteiger partial charge in [0, 0.05) is 25.6 Å². The number of aryl methyl sites for hydroxylation is 1. The van der Waals surface area contributed by atoms with E-state index in [1.165, 1.54) is 11.1 Å². The second kappa shape index (κ2) is 9.34. The number of hydrogen-bond acceptors (Lipinski definition) is 1. The molecule has 0 aliphatic rings. The van der Waals surface area contributed by atoms with Crippen molar-refractivity contribution in [1.29, 1.82) is 0 Å². The maximum absolute atomic E-state index is 12.2. The van der Waals surface area contributed by atoms with E-state index >= 15 is 0 Å². The molecule has 0 atom stereocenters. The van der Waals surface area contributed by atoms with Crippen LogP contribution in [0.1, 0.15) is 31.4 Å². The monoisotopic (exact) mass is 443 g/mol. The van der Waals surface area contributed by atoms with Crippen LogP contribution < -0.4 is 10.6 Å². The quantitative estimate of drug-likeness (QED) is 0.410. The molecular weight excluding hydrogens is 418 g/mol. The molecule has 0 aromatic heterocycles. The number of aliphatic imine (C=N–C) groups is 1. The molecule has 0 aliphatic heterocycles. The van der Waals surface area contributed by atoms with Crippen LogP contribution in [0.4, 0.5) is 13.2 Å². The van der Waals surface area contributed by atoms with E-state index < -0.39 is 12.6 Å². The molecule has 0 amide bonds. The standard InChI is InChI=1S/C16H24F3N3.HI/c1-12-7-5-6-8-13(12)15(2,3)11-22-14(20-4)21-10-9-16(17,18)19;/h5-8H,9-11H2,1-4H3,(H2,20,21,22);1H. The van der Waals surface area contributed by atoms with Gasteiger partial charge in [0.1, 0.15) is 0 Å². The highest BCUT2D eigenvalue weighted by atomic mass is 127. The van der Waals surface area contributed by atoms with Gasteiger partial charge in [-0.3, -0.25) is 4.99 Å². The van der Waals surface area contributed by atoms with E-state index in [-0.39, 0.29) is 35.9 Å². The second-order valence-electron chi connectivity index (χ2n) is 5.92. The topological polar surface area (TPSA) is 36.4 Å². The SMILES string of the molecule is CN=C(NCCC(F)(F)F)NCC(C)(C)c1ccccc1C.I. The number of alkyl halides is 3. The molecule has 132 valence electrons. The Kier molecular flexibility index (Phi) is 8.94. The molecule has 0 radical (unpaired) electrons. The molecule has 0 fully saturated rings. The van der Waals surface area contributed by atoms with E-state index in [1.807, 2.05) is 25.1 Å². The van der Waals surface area contributed by atoms with Crippen LogP contribution in [0.5, 0.6) is 0 Å². The Bertz CT molecular complexity index is 514. The summed E-state index contributed by atoms with van der Waals surface area (Å²) in [5, 5.41) is 5.78. The van der Waals surface area contributed by atoms with Gasteiger partial charge >= 0.3 is 6.18 Å². The lowest BCUT2D eigenvalue weighted by Gasteiger charge is -2.28. The summed E-state index contributed by atoms with van der Waals surface area (Å²) in [6.45, 7) is 6.61. The minimum Gasteiger partial charge on any atom is -0.356 e. The summed E-state index contributed by atoms with van der Waals surface area (Å²) in [5.41, 5.74) is 2.23. The van der Waals surface area contributed by atoms with Crippen molar-refractivity contribution in [2.75, 3.05) is 20.1 Å². The first-order chi connectivity index (χ1) is 10.2. The van der Waals surface area contributed by atoms with Crippen LogP contribution in [0.25, 0.3) is 0 Å². The van der Waals surface area contributed by atoms with Crippen molar-refractivity contribution in [2.45, 2.75) is 38.8 Å². The van der Waals surface area contributed by atoms with E-state index in [4.69, 9.17) is 0 Å². The van der Waals surface area contributed by atoms with Crippen LogP contribution in [0.15, 0.2) is 29.3 Å². The normalized spacial score (nSPS) is 12.6. The maximum atomic E-state index is 12.2. The van der Waals surface area contributed by atoms with E-state index in [0.717, 1.165) is 0 Å². The lowest BCUT2D eigenvalue weighted by molar-refractivity contribution is -0.132. The van der Waals surface area contributed by atoms with Crippen molar-refractivity contribution in [3.63, 3.8) is 0 Å². The molecule has 0 saturated heterocycles. The summed E-state index contributed by atoms with van der Waals surface area (Å²) in [5.74, 6) is 0.380. The summed E-state index contributed by atoms with van der Waals surface area (Å²) < 4.78 is 36.5. The highest BCUT2D eigenvalue weighted by molar-refractivity contribution is 14.0. The van der Waals surface area contributed by atoms with Gasteiger partial charge in [0.25, 0.3) is 0 Å². The van der Waals surface area contributed by atoms with E-state index in [1.54, 1.807) is 7.05 Å². The highest BCUT2D eigenvalue weighted by Gasteiger charge is 2.26.